The van der Waals surface area contributed by atoms with Gasteiger partial charge in [0.25, 0.3) is 0 Å². The summed E-state index contributed by atoms with van der Waals surface area (Å²) in [5.74, 6) is -1.11. The van der Waals surface area contributed by atoms with Crippen LogP contribution in [0.1, 0.15) is 18.1 Å². The minimum absolute atomic E-state index is 0.116. The van der Waals surface area contributed by atoms with Gasteiger partial charge in [0.05, 0.1) is 18.4 Å². The van der Waals surface area contributed by atoms with E-state index in [9.17, 15) is 13.6 Å². The highest BCUT2D eigenvalue weighted by molar-refractivity contribution is 6.30. The Morgan fingerprint density at radius 3 is 2.73 bits per heavy atom. The summed E-state index contributed by atoms with van der Waals surface area (Å²) in [7, 11) is 0. The van der Waals surface area contributed by atoms with Gasteiger partial charge in [0.15, 0.2) is 0 Å². The molecule has 1 amide bonds. The van der Waals surface area contributed by atoms with Crippen LogP contribution in [0.5, 0.6) is 0 Å². The van der Waals surface area contributed by atoms with Crippen molar-refractivity contribution in [3.8, 4) is 0 Å². The van der Waals surface area contributed by atoms with Crippen molar-refractivity contribution in [2.24, 2.45) is 0 Å². The molecule has 138 valence electrons. The molecule has 1 fully saturated rings. The first kappa shape index (κ1) is 18.8. The predicted octanol–water partition coefficient (Wildman–Crippen LogP) is 4.02. The van der Waals surface area contributed by atoms with Crippen LogP contribution in [0, 0.1) is 11.6 Å². The molecule has 0 aliphatic carbocycles. The largest absolute Gasteiger partial charge is 0.371 e. The highest BCUT2D eigenvalue weighted by Crippen LogP contribution is 2.23. The Morgan fingerprint density at radius 1 is 1.23 bits per heavy atom. The lowest BCUT2D eigenvalue weighted by Gasteiger charge is -2.33. The summed E-state index contributed by atoms with van der Waals surface area (Å²) in [5.41, 5.74) is 1.02. The fourth-order valence-electron chi connectivity index (χ4n) is 2.85. The van der Waals surface area contributed by atoms with Gasteiger partial charge in [-0.05, 0) is 35.9 Å². The van der Waals surface area contributed by atoms with E-state index in [0.29, 0.717) is 26.2 Å². The average molecular weight is 381 g/mol. The Morgan fingerprint density at radius 2 is 2.00 bits per heavy atom. The molecule has 1 saturated heterocycles. The lowest BCUT2D eigenvalue weighted by Crippen LogP contribution is -2.39. The molecule has 2 aromatic rings. The van der Waals surface area contributed by atoms with E-state index in [1.807, 2.05) is 0 Å². The molecule has 0 aromatic heterocycles. The molecule has 3 rings (SSSR count). The van der Waals surface area contributed by atoms with Crippen LogP contribution in [0.2, 0.25) is 5.02 Å². The van der Waals surface area contributed by atoms with Crippen molar-refractivity contribution in [1.29, 1.82) is 0 Å². The molecule has 0 radical (unpaired) electrons. The molecular weight excluding hydrogens is 362 g/mol. The summed E-state index contributed by atoms with van der Waals surface area (Å²) >= 11 is 5.70. The van der Waals surface area contributed by atoms with Gasteiger partial charge in [-0.2, -0.15) is 0 Å². The van der Waals surface area contributed by atoms with Gasteiger partial charge in [-0.25, -0.2) is 8.78 Å². The van der Waals surface area contributed by atoms with Crippen LogP contribution in [-0.4, -0.2) is 37.0 Å². The number of benzene rings is 2. The molecule has 1 aliphatic rings. The number of nitrogens with one attached hydrogen (secondary N) is 1. The highest BCUT2D eigenvalue weighted by Gasteiger charge is 2.22. The van der Waals surface area contributed by atoms with Crippen LogP contribution >= 0.6 is 11.6 Å². The smallest absolute Gasteiger partial charge is 0.225 e. The second-order valence-corrected chi connectivity index (χ2v) is 6.57. The lowest BCUT2D eigenvalue weighted by molar-refractivity contribution is -0.117. The highest BCUT2D eigenvalue weighted by atomic mass is 35.5. The molecule has 0 bridgehead atoms. The van der Waals surface area contributed by atoms with Crippen molar-refractivity contribution in [2.45, 2.75) is 12.5 Å². The number of carbonyl (C=O) groups excluding carboxylic acids is 1. The van der Waals surface area contributed by atoms with Gasteiger partial charge in [0, 0.05) is 31.1 Å². The number of hydrogen-bond donors (Lipinski definition) is 1. The Hall–Kier alpha value is -2.02. The molecular formula is C19H19ClF2N2O2. The molecule has 7 heteroatoms. The van der Waals surface area contributed by atoms with E-state index in [1.54, 1.807) is 12.1 Å². The third-order valence-electron chi connectivity index (χ3n) is 4.25. The standard InChI is InChI=1S/C19H19ClF2N2O2/c20-14-3-6-17(16(22)11-14)23-19(25)7-8-24-9-10-26-18(12-24)13-1-4-15(21)5-2-13/h1-6,11,18H,7-10,12H2,(H,23,25). The Labute approximate surface area is 155 Å². The number of morpholine rings is 1. The number of carbonyl (C=O) groups is 1. The average Bonchev–Trinajstić information content (AvgIpc) is 2.63. The maximum Gasteiger partial charge on any atom is 0.225 e. The first-order chi connectivity index (χ1) is 12.5. The van der Waals surface area contributed by atoms with E-state index < -0.39 is 5.82 Å². The van der Waals surface area contributed by atoms with Crippen molar-refractivity contribution < 1.29 is 18.3 Å². The number of amides is 1. The summed E-state index contributed by atoms with van der Waals surface area (Å²) < 4.78 is 32.5. The van der Waals surface area contributed by atoms with Crippen LogP contribution in [0.3, 0.4) is 0 Å². The lowest BCUT2D eigenvalue weighted by atomic mass is 10.1. The van der Waals surface area contributed by atoms with Crippen LogP contribution in [-0.2, 0) is 9.53 Å². The van der Waals surface area contributed by atoms with E-state index in [0.717, 1.165) is 11.6 Å². The van der Waals surface area contributed by atoms with Crippen molar-refractivity contribution in [3.63, 3.8) is 0 Å². The molecule has 26 heavy (non-hydrogen) atoms. The number of anilines is 1. The quantitative estimate of drug-likeness (QED) is 0.851. The number of hydrogen-bond acceptors (Lipinski definition) is 3. The monoisotopic (exact) mass is 380 g/mol. The minimum atomic E-state index is -0.561. The van der Waals surface area contributed by atoms with Crippen molar-refractivity contribution in [3.05, 3.63) is 64.7 Å². The minimum Gasteiger partial charge on any atom is -0.371 e. The summed E-state index contributed by atoms with van der Waals surface area (Å²) in [6.07, 6.45) is 0.0826. The zero-order chi connectivity index (χ0) is 18.5. The summed E-state index contributed by atoms with van der Waals surface area (Å²) in [6.45, 7) is 2.39. The SMILES string of the molecule is O=C(CCN1CCOC(c2ccc(F)cc2)C1)Nc1ccc(Cl)cc1F. The first-order valence-electron chi connectivity index (χ1n) is 8.35. The predicted molar refractivity (Wildman–Crippen MR) is 96.2 cm³/mol. The molecule has 0 spiro atoms. The Balaban J connectivity index is 1.50. The van der Waals surface area contributed by atoms with Crippen molar-refractivity contribution in [2.75, 3.05) is 31.6 Å². The normalized spacial score (nSPS) is 17.9. The first-order valence-corrected chi connectivity index (χ1v) is 8.73. The number of nitrogens with zero attached hydrogens (tertiary/aromatic N) is 1. The molecule has 1 unspecified atom stereocenters. The van der Waals surface area contributed by atoms with Gasteiger partial charge >= 0.3 is 0 Å². The topological polar surface area (TPSA) is 41.6 Å². The molecule has 1 aliphatic heterocycles. The van der Waals surface area contributed by atoms with Crippen molar-refractivity contribution >= 4 is 23.2 Å². The van der Waals surface area contributed by atoms with Gasteiger partial charge < -0.3 is 10.1 Å². The molecule has 2 aromatic carbocycles. The van der Waals surface area contributed by atoms with E-state index in [-0.39, 0.29) is 35.0 Å². The second-order valence-electron chi connectivity index (χ2n) is 6.13. The summed E-state index contributed by atoms with van der Waals surface area (Å²) in [5, 5.41) is 2.83. The zero-order valence-electron chi connectivity index (χ0n) is 14.1. The third kappa shape index (κ3) is 5.00. The van der Waals surface area contributed by atoms with Crippen LogP contribution in [0.4, 0.5) is 14.5 Å². The van der Waals surface area contributed by atoms with E-state index >= 15 is 0 Å². The number of rotatable bonds is 5. The Bertz CT molecular complexity index is 771. The van der Waals surface area contributed by atoms with Crippen LogP contribution < -0.4 is 5.32 Å². The Kier molecular flexibility index (Phi) is 6.19. The van der Waals surface area contributed by atoms with Gasteiger partial charge in [-0.3, -0.25) is 9.69 Å². The molecule has 1 atom stereocenters. The zero-order valence-corrected chi connectivity index (χ0v) is 14.8. The molecule has 1 N–H and O–H groups in total. The van der Waals surface area contributed by atoms with Crippen LogP contribution in [0.15, 0.2) is 42.5 Å². The van der Waals surface area contributed by atoms with Gasteiger partial charge in [0.1, 0.15) is 11.6 Å². The number of ether oxygens (including phenoxy) is 1. The fourth-order valence-corrected chi connectivity index (χ4v) is 3.01. The number of halogens is 3. The summed E-state index contributed by atoms with van der Waals surface area (Å²) in [4.78, 5) is 14.2. The van der Waals surface area contributed by atoms with E-state index in [4.69, 9.17) is 16.3 Å². The summed E-state index contributed by atoms with van der Waals surface area (Å²) in [6, 6.07) is 10.4. The molecule has 4 nitrogen and oxygen atoms in total. The third-order valence-corrected chi connectivity index (χ3v) is 4.49. The van der Waals surface area contributed by atoms with E-state index in [1.165, 1.54) is 24.3 Å². The van der Waals surface area contributed by atoms with Crippen molar-refractivity contribution in [1.82, 2.24) is 4.90 Å². The molecule has 1 heterocycles. The fraction of sp³-hybridized carbons (Fsp3) is 0.316. The van der Waals surface area contributed by atoms with Gasteiger partial charge in [-0.15, -0.1) is 0 Å². The maximum absolute atomic E-state index is 13.7. The van der Waals surface area contributed by atoms with Crippen LogP contribution in [0.25, 0.3) is 0 Å². The second kappa shape index (κ2) is 8.58. The molecule has 0 saturated carbocycles. The van der Waals surface area contributed by atoms with E-state index in [2.05, 4.69) is 10.2 Å². The maximum atomic E-state index is 13.7. The van der Waals surface area contributed by atoms with Gasteiger partial charge in [-0.1, -0.05) is 23.7 Å². The van der Waals surface area contributed by atoms with Gasteiger partial charge in [0.2, 0.25) is 5.91 Å².